The molecule has 90 valence electrons. The third kappa shape index (κ3) is 1.90. The molecule has 0 aliphatic heterocycles. The van der Waals surface area contributed by atoms with Crippen molar-refractivity contribution in [2.24, 2.45) is 0 Å². The smallest absolute Gasteiger partial charge is 0.261 e. The molecule has 3 aromatic rings. The van der Waals surface area contributed by atoms with Gasteiger partial charge < -0.3 is 4.98 Å². The van der Waals surface area contributed by atoms with Crippen molar-refractivity contribution in [2.75, 3.05) is 0 Å². The van der Waals surface area contributed by atoms with E-state index >= 15 is 0 Å². The van der Waals surface area contributed by atoms with Crippen LogP contribution in [0.3, 0.4) is 0 Å². The Balaban J connectivity index is 2.34. The van der Waals surface area contributed by atoms with Crippen LogP contribution in [0.2, 0.25) is 5.02 Å². The Hall–Kier alpha value is -1.43. The van der Waals surface area contributed by atoms with E-state index < -0.39 is 0 Å². The molecule has 2 aromatic heterocycles. The molecular weight excluding hydrogens is 288 g/mol. The third-order valence-corrected chi connectivity index (χ3v) is 3.98. The van der Waals surface area contributed by atoms with Gasteiger partial charge in [-0.3, -0.25) is 9.78 Å². The molecule has 0 saturated heterocycles. The highest BCUT2D eigenvalue weighted by Gasteiger charge is 2.10. The highest BCUT2D eigenvalue weighted by atomic mass is 35.5. The van der Waals surface area contributed by atoms with E-state index in [1.165, 1.54) is 11.3 Å². The molecule has 3 nitrogen and oxygen atoms in total. The predicted octanol–water partition coefficient (Wildman–Crippen LogP) is 3.97. The summed E-state index contributed by atoms with van der Waals surface area (Å²) in [6.45, 7) is 0. The van der Waals surface area contributed by atoms with Gasteiger partial charge in [-0.25, -0.2) is 0 Å². The second-order valence-corrected chi connectivity index (χ2v) is 5.49. The first-order valence-corrected chi connectivity index (χ1v) is 6.81. The summed E-state index contributed by atoms with van der Waals surface area (Å²) in [5, 5.41) is 3.25. The lowest BCUT2D eigenvalue weighted by molar-refractivity contribution is 1.15. The van der Waals surface area contributed by atoms with Gasteiger partial charge in [0.2, 0.25) is 0 Å². The monoisotopic (exact) mass is 294 g/mol. The summed E-state index contributed by atoms with van der Waals surface area (Å²) in [7, 11) is 0. The Morgan fingerprint density at radius 2 is 1.89 bits per heavy atom. The number of hydrogen-bond acceptors (Lipinski definition) is 3. The minimum Gasteiger partial charge on any atom is -0.323 e. The van der Waals surface area contributed by atoms with Crippen LogP contribution in [0.1, 0.15) is 0 Å². The van der Waals surface area contributed by atoms with Crippen LogP contribution >= 0.6 is 35.2 Å². The van der Waals surface area contributed by atoms with Crippen LogP contribution in [0.25, 0.3) is 21.3 Å². The van der Waals surface area contributed by atoms with E-state index in [1.807, 2.05) is 17.5 Å². The normalized spacial score (nSPS) is 10.9. The fourth-order valence-corrected chi connectivity index (χ4v) is 3.17. The first kappa shape index (κ1) is 11.6. The summed E-state index contributed by atoms with van der Waals surface area (Å²) in [6.07, 6.45) is 0. The van der Waals surface area contributed by atoms with Crippen LogP contribution in [0.5, 0.6) is 0 Å². The summed E-state index contributed by atoms with van der Waals surface area (Å²) >= 11 is 12.3. The maximum absolute atomic E-state index is 12.0. The van der Waals surface area contributed by atoms with Crippen molar-refractivity contribution in [3.63, 3.8) is 0 Å². The number of halogens is 1. The fourth-order valence-electron chi connectivity index (χ4n) is 1.82. The van der Waals surface area contributed by atoms with Gasteiger partial charge in [0, 0.05) is 16.0 Å². The van der Waals surface area contributed by atoms with E-state index in [9.17, 15) is 4.79 Å². The lowest BCUT2D eigenvalue weighted by Crippen LogP contribution is -2.06. The summed E-state index contributed by atoms with van der Waals surface area (Å²) in [6, 6.07) is 7.40. The first-order valence-electron chi connectivity index (χ1n) is 5.15. The van der Waals surface area contributed by atoms with Crippen LogP contribution in [0.4, 0.5) is 0 Å². The molecule has 2 heterocycles. The Bertz CT molecular complexity index is 830. The highest BCUT2D eigenvalue weighted by molar-refractivity contribution is 7.71. The predicted molar refractivity (Wildman–Crippen MR) is 78.1 cm³/mol. The molecule has 0 saturated carbocycles. The van der Waals surface area contributed by atoms with Crippen LogP contribution in [0.15, 0.2) is 34.4 Å². The molecule has 2 N–H and O–H groups in total. The van der Waals surface area contributed by atoms with E-state index in [1.54, 1.807) is 12.1 Å². The number of benzene rings is 1. The molecular formula is C12H7ClN2OS2. The summed E-state index contributed by atoms with van der Waals surface area (Å²) in [5.41, 5.74) is 1.68. The van der Waals surface area contributed by atoms with E-state index in [-0.39, 0.29) is 5.56 Å². The quantitative estimate of drug-likeness (QED) is 0.667. The topological polar surface area (TPSA) is 48.6 Å². The van der Waals surface area contributed by atoms with Gasteiger partial charge in [-0.15, -0.1) is 11.3 Å². The Morgan fingerprint density at radius 3 is 2.61 bits per heavy atom. The van der Waals surface area contributed by atoms with Crippen molar-refractivity contribution in [1.29, 1.82) is 0 Å². The zero-order valence-corrected chi connectivity index (χ0v) is 11.4. The third-order valence-electron chi connectivity index (χ3n) is 2.63. The zero-order valence-electron chi connectivity index (χ0n) is 8.99. The number of hydrogen-bond donors (Lipinski definition) is 2. The largest absolute Gasteiger partial charge is 0.323 e. The molecule has 1 aromatic carbocycles. The number of aromatic amines is 2. The van der Waals surface area contributed by atoms with Crippen molar-refractivity contribution < 1.29 is 0 Å². The summed E-state index contributed by atoms with van der Waals surface area (Å²) < 4.78 is 0.344. The molecule has 0 spiro atoms. The van der Waals surface area contributed by atoms with Gasteiger partial charge >= 0.3 is 0 Å². The van der Waals surface area contributed by atoms with Gasteiger partial charge in [-0.2, -0.15) is 0 Å². The Labute approximate surface area is 116 Å². The first-order chi connectivity index (χ1) is 8.65. The maximum Gasteiger partial charge on any atom is 0.261 e. The van der Waals surface area contributed by atoms with E-state index in [2.05, 4.69) is 9.97 Å². The maximum atomic E-state index is 12.0. The minimum absolute atomic E-state index is 0.167. The van der Waals surface area contributed by atoms with Gasteiger partial charge in [0.25, 0.3) is 5.56 Å². The second-order valence-electron chi connectivity index (χ2n) is 3.77. The number of rotatable bonds is 1. The van der Waals surface area contributed by atoms with Gasteiger partial charge in [0.15, 0.2) is 4.77 Å². The second kappa shape index (κ2) is 4.35. The van der Waals surface area contributed by atoms with Crippen LogP contribution in [-0.2, 0) is 0 Å². The van der Waals surface area contributed by atoms with Gasteiger partial charge in [-0.1, -0.05) is 23.7 Å². The molecule has 0 atom stereocenters. The standard InChI is InChI=1S/C12H7ClN2OS2/c13-7-3-1-6(2-4-7)8-5-18-11-9(8)10(16)14-12(17)15-11/h1-5H,(H2,14,15,16,17). The van der Waals surface area contributed by atoms with Crippen LogP contribution in [0, 0.1) is 4.77 Å². The Kier molecular flexibility index (Phi) is 2.81. The molecule has 0 bridgehead atoms. The average molecular weight is 295 g/mol. The summed E-state index contributed by atoms with van der Waals surface area (Å²) in [4.78, 5) is 18.3. The van der Waals surface area contributed by atoms with Crippen LogP contribution in [-0.4, -0.2) is 9.97 Å². The van der Waals surface area contributed by atoms with Crippen LogP contribution < -0.4 is 5.56 Å². The SMILES string of the molecule is O=c1[nH]c(=S)[nH]c2scc(-c3ccc(Cl)cc3)c12. The van der Waals surface area contributed by atoms with Crippen molar-refractivity contribution in [3.05, 3.63) is 49.8 Å². The molecule has 0 fully saturated rings. The molecule has 0 unspecified atom stereocenters. The molecule has 0 aliphatic carbocycles. The molecule has 0 aliphatic rings. The Morgan fingerprint density at radius 1 is 1.17 bits per heavy atom. The van der Waals surface area contributed by atoms with Crippen molar-refractivity contribution in [3.8, 4) is 11.1 Å². The molecule has 0 amide bonds. The van der Waals surface area contributed by atoms with Gasteiger partial charge in [-0.05, 0) is 29.9 Å². The number of nitrogens with one attached hydrogen (secondary N) is 2. The van der Waals surface area contributed by atoms with Crippen molar-refractivity contribution in [2.45, 2.75) is 0 Å². The molecule has 3 rings (SSSR count). The number of thiophene rings is 1. The lowest BCUT2D eigenvalue weighted by Gasteiger charge is -1.99. The highest BCUT2D eigenvalue weighted by Crippen LogP contribution is 2.30. The summed E-state index contributed by atoms with van der Waals surface area (Å²) in [5.74, 6) is 0. The van der Waals surface area contributed by atoms with E-state index in [0.29, 0.717) is 15.2 Å². The molecule has 0 radical (unpaired) electrons. The zero-order chi connectivity index (χ0) is 12.7. The number of H-pyrrole nitrogens is 2. The molecule has 18 heavy (non-hydrogen) atoms. The van der Waals surface area contributed by atoms with Crippen molar-refractivity contribution >= 4 is 45.4 Å². The fraction of sp³-hybridized carbons (Fsp3) is 0. The van der Waals surface area contributed by atoms with E-state index in [0.717, 1.165) is 16.0 Å². The molecule has 6 heteroatoms. The van der Waals surface area contributed by atoms with E-state index in [4.69, 9.17) is 23.8 Å². The van der Waals surface area contributed by atoms with Gasteiger partial charge in [0.1, 0.15) is 4.83 Å². The minimum atomic E-state index is -0.167. The average Bonchev–Trinajstić information content (AvgIpc) is 2.74. The number of aromatic nitrogens is 2. The van der Waals surface area contributed by atoms with Crippen molar-refractivity contribution in [1.82, 2.24) is 9.97 Å². The number of fused-ring (bicyclic) bond motifs is 1. The van der Waals surface area contributed by atoms with Gasteiger partial charge in [0.05, 0.1) is 5.39 Å². The lowest BCUT2D eigenvalue weighted by atomic mass is 10.1.